The second-order valence-electron chi connectivity index (χ2n) is 4.01. The van der Waals surface area contributed by atoms with Gasteiger partial charge in [-0.05, 0) is 12.5 Å². The summed E-state index contributed by atoms with van der Waals surface area (Å²) >= 11 is 11.6. The van der Waals surface area contributed by atoms with E-state index in [9.17, 15) is 18.0 Å². The molecule has 21 heavy (non-hydrogen) atoms. The number of carbonyl (C=O) groups excluding carboxylic acids is 1. The number of ether oxygens (including phenoxy) is 2. The van der Waals surface area contributed by atoms with Crippen LogP contribution >= 0.6 is 23.2 Å². The number of nitrogen functional groups attached to an aromatic ring is 1. The molecule has 0 aliphatic carbocycles. The van der Waals surface area contributed by atoms with Crippen molar-refractivity contribution in [3.05, 3.63) is 21.7 Å². The monoisotopic (exact) mass is 345 g/mol. The Bertz CT molecular complexity index is 535. The Morgan fingerprint density at radius 3 is 2.52 bits per heavy atom. The maximum atomic E-state index is 12.2. The Labute approximate surface area is 128 Å². The normalized spacial score (nSPS) is 11.3. The van der Waals surface area contributed by atoms with Gasteiger partial charge in [0.25, 0.3) is 0 Å². The van der Waals surface area contributed by atoms with Crippen molar-refractivity contribution < 1.29 is 27.4 Å². The van der Waals surface area contributed by atoms with Gasteiger partial charge in [0, 0.05) is 5.69 Å². The van der Waals surface area contributed by atoms with Gasteiger partial charge in [0.2, 0.25) is 0 Å². The van der Waals surface area contributed by atoms with Gasteiger partial charge in [-0.3, -0.25) is 0 Å². The average Bonchev–Trinajstić information content (AvgIpc) is 2.34. The number of benzene rings is 1. The van der Waals surface area contributed by atoms with Gasteiger partial charge in [-0.2, -0.15) is 13.2 Å². The molecule has 0 unspecified atom stereocenters. The highest BCUT2D eigenvalue weighted by molar-refractivity contribution is 6.40. The maximum absolute atomic E-state index is 12.2. The molecule has 0 bridgehead atoms. The van der Waals surface area contributed by atoms with Crippen LogP contribution in [0.15, 0.2) is 6.07 Å². The van der Waals surface area contributed by atoms with Crippen molar-refractivity contribution in [2.75, 3.05) is 18.9 Å². The minimum Gasteiger partial charge on any atom is -0.481 e. The van der Waals surface area contributed by atoms with Crippen molar-refractivity contribution in [1.29, 1.82) is 0 Å². The standard InChI is InChI=1S/C12H12Cl2F3NO3/c1-2-3-20-11(19)8-7(18)4-6(13)10(9(8)14)21-5-12(15,16)17/h4H,2-3,5,18H2,1H3. The number of esters is 1. The summed E-state index contributed by atoms with van der Waals surface area (Å²) in [4.78, 5) is 11.8. The van der Waals surface area contributed by atoms with Gasteiger partial charge in [0.15, 0.2) is 12.4 Å². The lowest BCUT2D eigenvalue weighted by molar-refractivity contribution is -0.153. The largest absolute Gasteiger partial charge is 0.481 e. The van der Waals surface area contributed by atoms with Crippen LogP contribution in [0.25, 0.3) is 0 Å². The molecular weight excluding hydrogens is 334 g/mol. The van der Waals surface area contributed by atoms with E-state index in [1.165, 1.54) is 0 Å². The summed E-state index contributed by atoms with van der Waals surface area (Å²) in [5.41, 5.74) is 5.22. The lowest BCUT2D eigenvalue weighted by Gasteiger charge is -2.15. The SMILES string of the molecule is CCCOC(=O)c1c(N)cc(Cl)c(OCC(F)(F)F)c1Cl. The first-order valence-electron chi connectivity index (χ1n) is 5.81. The molecule has 0 amide bonds. The topological polar surface area (TPSA) is 61.5 Å². The number of hydrogen-bond donors (Lipinski definition) is 1. The Morgan fingerprint density at radius 1 is 1.38 bits per heavy atom. The first kappa shape index (κ1) is 17.7. The van der Waals surface area contributed by atoms with Crippen LogP contribution in [0.4, 0.5) is 18.9 Å². The molecule has 0 aromatic heterocycles. The number of halogens is 5. The molecule has 0 saturated carbocycles. The van der Waals surface area contributed by atoms with Crippen molar-refractivity contribution in [2.45, 2.75) is 19.5 Å². The van der Waals surface area contributed by atoms with Crippen LogP contribution in [-0.4, -0.2) is 25.4 Å². The first-order valence-corrected chi connectivity index (χ1v) is 6.57. The second kappa shape index (κ2) is 7.09. The molecule has 0 aliphatic heterocycles. The minimum atomic E-state index is -4.57. The lowest BCUT2D eigenvalue weighted by Crippen LogP contribution is -2.20. The smallest absolute Gasteiger partial charge is 0.422 e. The van der Waals surface area contributed by atoms with Crippen LogP contribution in [0.5, 0.6) is 5.75 Å². The number of alkyl halides is 3. The minimum absolute atomic E-state index is 0.106. The van der Waals surface area contributed by atoms with Gasteiger partial charge in [-0.25, -0.2) is 4.79 Å². The molecule has 1 aromatic rings. The first-order chi connectivity index (χ1) is 9.67. The van der Waals surface area contributed by atoms with Gasteiger partial charge in [-0.15, -0.1) is 0 Å². The van der Waals surface area contributed by atoms with Crippen LogP contribution in [0.1, 0.15) is 23.7 Å². The summed E-state index contributed by atoms with van der Waals surface area (Å²) in [7, 11) is 0. The van der Waals surface area contributed by atoms with Crippen molar-refractivity contribution in [3.63, 3.8) is 0 Å². The van der Waals surface area contributed by atoms with E-state index in [4.69, 9.17) is 33.7 Å². The molecule has 9 heteroatoms. The van der Waals surface area contributed by atoms with Gasteiger partial charge in [0.1, 0.15) is 10.6 Å². The lowest BCUT2D eigenvalue weighted by atomic mass is 10.1. The average molecular weight is 346 g/mol. The summed E-state index contributed by atoms with van der Waals surface area (Å²) in [6.45, 7) is 0.299. The fourth-order valence-electron chi connectivity index (χ4n) is 1.38. The van der Waals surface area contributed by atoms with Crippen molar-refractivity contribution in [1.82, 2.24) is 0 Å². The second-order valence-corrected chi connectivity index (χ2v) is 4.79. The van der Waals surface area contributed by atoms with Gasteiger partial charge < -0.3 is 15.2 Å². The molecule has 118 valence electrons. The zero-order valence-electron chi connectivity index (χ0n) is 10.9. The van der Waals surface area contributed by atoms with E-state index in [0.717, 1.165) is 6.07 Å². The Morgan fingerprint density at radius 2 is 2.00 bits per heavy atom. The van der Waals surface area contributed by atoms with E-state index < -0.39 is 29.5 Å². The molecule has 1 aromatic carbocycles. The highest BCUT2D eigenvalue weighted by Gasteiger charge is 2.30. The van der Waals surface area contributed by atoms with E-state index in [1.54, 1.807) is 6.92 Å². The molecule has 0 aliphatic rings. The number of nitrogens with two attached hydrogens (primary N) is 1. The Balaban J connectivity index is 3.13. The number of anilines is 1. The van der Waals surface area contributed by atoms with Crippen LogP contribution in [0, 0.1) is 0 Å². The van der Waals surface area contributed by atoms with E-state index in [-0.39, 0.29) is 22.9 Å². The predicted octanol–water partition coefficient (Wildman–Crippen LogP) is 4.08. The Hall–Kier alpha value is -1.34. The van der Waals surface area contributed by atoms with Gasteiger partial charge in [0.05, 0.1) is 11.6 Å². The number of rotatable bonds is 5. The van der Waals surface area contributed by atoms with Gasteiger partial charge >= 0.3 is 12.1 Å². The molecule has 0 fully saturated rings. The third-order valence-electron chi connectivity index (χ3n) is 2.23. The fraction of sp³-hybridized carbons (Fsp3) is 0.417. The molecule has 0 radical (unpaired) electrons. The third kappa shape index (κ3) is 4.86. The molecule has 2 N–H and O–H groups in total. The van der Waals surface area contributed by atoms with Crippen molar-refractivity contribution in [2.24, 2.45) is 0 Å². The van der Waals surface area contributed by atoms with Crippen molar-refractivity contribution in [3.8, 4) is 5.75 Å². The summed E-state index contributed by atoms with van der Waals surface area (Å²) in [6.07, 6.45) is -4.01. The summed E-state index contributed by atoms with van der Waals surface area (Å²) in [5.74, 6) is -1.32. The van der Waals surface area contributed by atoms with Crippen LogP contribution in [0.3, 0.4) is 0 Å². The highest BCUT2D eigenvalue weighted by Crippen LogP contribution is 2.40. The summed E-state index contributed by atoms with van der Waals surface area (Å²) in [5, 5.41) is -0.640. The summed E-state index contributed by atoms with van der Waals surface area (Å²) < 4.78 is 45.9. The van der Waals surface area contributed by atoms with Crippen LogP contribution < -0.4 is 10.5 Å². The van der Waals surface area contributed by atoms with E-state index in [2.05, 4.69) is 4.74 Å². The van der Waals surface area contributed by atoms with Crippen LogP contribution in [0.2, 0.25) is 10.0 Å². The molecule has 0 spiro atoms. The zero-order chi connectivity index (χ0) is 16.2. The van der Waals surface area contributed by atoms with Crippen LogP contribution in [-0.2, 0) is 4.74 Å². The van der Waals surface area contributed by atoms with E-state index in [1.807, 2.05) is 0 Å². The molecular formula is C12H12Cl2F3NO3. The predicted molar refractivity (Wildman–Crippen MR) is 73.0 cm³/mol. The van der Waals surface area contributed by atoms with E-state index in [0.29, 0.717) is 6.42 Å². The third-order valence-corrected chi connectivity index (χ3v) is 2.87. The maximum Gasteiger partial charge on any atom is 0.422 e. The molecule has 4 nitrogen and oxygen atoms in total. The van der Waals surface area contributed by atoms with Gasteiger partial charge in [-0.1, -0.05) is 30.1 Å². The van der Waals surface area contributed by atoms with Crippen molar-refractivity contribution >= 4 is 34.9 Å². The number of hydrogen-bond acceptors (Lipinski definition) is 4. The molecule has 0 heterocycles. The zero-order valence-corrected chi connectivity index (χ0v) is 12.4. The van der Waals surface area contributed by atoms with E-state index >= 15 is 0 Å². The fourth-order valence-corrected chi connectivity index (χ4v) is 2.04. The molecule has 0 atom stereocenters. The number of carbonyl (C=O) groups is 1. The summed E-state index contributed by atoms with van der Waals surface area (Å²) in [6, 6.07) is 1.09. The molecule has 0 saturated heterocycles. The molecule has 1 rings (SSSR count). The highest BCUT2D eigenvalue weighted by atomic mass is 35.5. The Kier molecular flexibility index (Phi) is 5.98. The quantitative estimate of drug-likeness (QED) is 0.645.